The van der Waals surface area contributed by atoms with Crippen molar-refractivity contribution in [3.63, 3.8) is 0 Å². The first-order chi connectivity index (χ1) is 65.7. The summed E-state index contributed by atoms with van der Waals surface area (Å²) in [6, 6.07) is 4.77. The van der Waals surface area contributed by atoms with Gasteiger partial charge in [0.25, 0.3) is 17.7 Å². The topological polar surface area (TPSA) is 767 Å². The predicted molar refractivity (Wildman–Crippen MR) is 483 cm³/mol. The molecule has 12 fully saturated rings. The molecule has 12 aliphatic heterocycles. The summed E-state index contributed by atoms with van der Waals surface area (Å²) in [6.07, 6.45) is -7.08. The molecule has 12 aromatic heterocycles. The van der Waals surface area contributed by atoms with E-state index in [0.717, 1.165) is 6.33 Å². The fraction of sp³-hybridized carbons (Fsp3) is 0.529. The SMILES string of the molecule is CO[C@H]1[C@H]2CP(=O)(S)OC[C@@]34CO[C@@H]([C@H](n5cnc6c(N)ccnc65)O3)[C@@H]4OP(O)(=S)OC[C@H]1O[C@H]2n1cnc2c(=O)[nH]c(N)nc21.Nc1ccnc2c1ncn2[C@@H]1O[C@@]23CO[C@@H]1[C@@H]2OP(O)(=S)OC[C@H]1O[C@]2(n4cnc5c(N)ncnc54)CO[C@H]1[C@H]2CP(O)(=S)OC3.Nc1nc2c(ncn2[C@@H]2O[C@@H]3COP(=O)(O)O[C@H]4[C@@H](F)[C@H](n5cnc6c(N)ccnc65)O[C@@H]4COP(=O)(O)C[C@@H]2[C@@H]3O)c(=O)[nH]1. The molecule has 0 aliphatic carbocycles. The summed E-state index contributed by atoms with van der Waals surface area (Å²) in [5.74, 6) is -2.65. The number of rotatable bonds is 7. The molecule has 12 saturated heterocycles. The number of nitrogens with one attached hydrogen (secondary N) is 2. The van der Waals surface area contributed by atoms with Gasteiger partial charge in [-0.05, 0) is 53.6 Å². The lowest BCUT2D eigenvalue weighted by Gasteiger charge is -2.36. The molecule has 12 bridgehead atoms. The van der Waals surface area contributed by atoms with Gasteiger partial charge in [0, 0.05) is 55.8 Å². The van der Waals surface area contributed by atoms with Crippen LogP contribution in [0.5, 0.6) is 0 Å². The molecule has 12 aromatic rings. The molecule has 0 saturated carbocycles. The summed E-state index contributed by atoms with van der Waals surface area (Å²) in [7, 11) is -8.29. The van der Waals surface area contributed by atoms with E-state index >= 15 is 4.39 Å². The number of thiol groups is 1. The monoisotopic (exact) mass is 2110 g/mol. The number of methoxy groups -OCH3 is 1. The van der Waals surface area contributed by atoms with Gasteiger partial charge in [0.05, 0.1) is 139 Å². The number of phosphoric acid groups is 1. The van der Waals surface area contributed by atoms with Gasteiger partial charge in [-0.25, -0.2) is 63.8 Å². The number of hydrogen-bond acceptors (Lipinski definition) is 47. The number of nitrogens with zero attached hydrogens (tertiary/aromatic N) is 19. The van der Waals surface area contributed by atoms with Crippen LogP contribution < -0.4 is 45.5 Å². The van der Waals surface area contributed by atoms with Crippen LogP contribution in [0.3, 0.4) is 0 Å². The number of nitrogens with two attached hydrogens (primary N) is 6. The molecule has 24 rings (SSSR count). The van der Waals surface area contributed by atoms with E-state index in [1.54, 1.807) is 38.2 Å². The Labute approximate surface area is 791 Å². The van der Waals surface area contributed by atoms with Gasteiger partial charge in [0.1, 0.15) is 107 Å². The third kappa shape index (κ3) is 16.5. The van der Waals surface area contributed by atoms with Crippen molar-refractivity contribution >= 4 is 191 Å². The lowest BCUT2D eigenvalue weighted by atomic mass is 9.96. The molecule has 12 aliphatic rings. The van der Waals surface area contributed by atoms with Crippen LogP contribution in [0.2, 0.25) is 0 Å². The smallest absolute Gasteiger partial charge is 0.397 e. The van der Waals surface area contributed by atoms with Crippen molar-refractivity contribution in [2.75, 3.05) is 119 Å². The van der Waals surface area contributed by atoms with Crippen LogP contribution in [-0.2, 0) is 143 Å². The van der Waals surface area contributed by atoms with E-state index in [2.05, 4.69) is 87.0 Å². The number of hydrogen-bond donors (Lipinski definition) is 15. The number of nitrogen functional groups attached to an aromatic ring is 6. The van der Waals surface area contributed by atoms with Crippen LogP contribution >= 0.6 is 54.2 Å². The van der Waals surface area contributed by atoms with E-state index in [9.17, 15) is 52.9 Å². The Balaban J connectivity index is 0.000000120. The van der Waals surface area contributed by atoms with Crippen molar-refractivity contribution in [3.8, 4) is 0 Å². The minimum Gasteiger partial charge on any atom is -0.397 e. The number of anilines is 6. The summed E-state index contributed by atoms with van der Waals surface area (Å²) in [5.41, 5.74) is 34.7. The average Bonchev–Trinajstić information content (AvgIpc) is 1.56. The molecule has 20 N–H and O–H groups in total. The number of aromatic amines is 2. The third-order valence-electron chi connectivity index (χ3n) is 25.9. The zero-order chi connectivity index (χ0) is 96.4. The molecular weight excluding hydrogens is 2030 g/mol. The number of ether oxygens (including phenoxy) is 10. The Bertz CT molecular complexity index is 7320. The zero-order valence-corrected chi connectivity index (χ0v) is 79.5. The van der Waals surface area contributed by atoms with Gasteiger partial charge in [0.2, 0.25) is 11.9 Å². The number of phosphoric ester groups is 1. The molecule has 30 atom stereocenters. The van der Waals surface area contributed by atoms with Crippen molar-refractivity contribution in [2.24, 2.45) is 17.8 Å². The van der Waals surface area contributed by atoms with Gasteiger partial charge in [-0.2, -0.15) is 9.97 Å². The average molecular weight is 2110 g/mol. The molecule has 738 valence electrons. The molecule has 0 aromatic carbocycles. The highest BCUT2D eigenvalue weighted by molar-refractivity contribution is 8.46. The minimum absolute atomic E-state index is 0.00168. The highest BCUT2D eigenvalue weighted by atomic mass is 32.7. The van der Waals surface area contributed by atoms with E-state index < -0.39 is 218 Å². The number of H-pyrrole nitrogens is 2. The number of aliphatic hydroxyl groups is 1. The van der Waals surface area contributed by atoms with Crippen molar-refractivity contribution in [1.82, 2.24) is 102 Å². The number of aromatic nitrogens is 21. The second kappa shape index (κ2) is 34.8. The number of imidazole rings is 6. The number of halogens is 1. The van der Waals surface area contributed by atoms with Gasteiger partial charge in [-0.15, -0.1) is 0 Å². The van der Waals surface area contributed by atoms with E-state index in [0.29, 0.717) is 44.9 Å². The van der Waals surface area contributed by atoms with E-state index in [1.807, 2.05) is 0 Å². The molecule has 138 heavy (non-hydrogen) atoms. The Morgan fingerprint density at radius 1 is 0.486 bits per heavy atom. The number of alkyl halides is 1. The first-order valence-corrected chi connectivity index (χ1v) is 56.1. The maximum Gasteiger partial charge on any atom is 0.472 e. The van der Waals surface area contributed by atoms with Gasteiger partial charge in [-0.1, -0.05) is 12.2 Å². The van der Waals surface area contributed by atoms with Crippen LogP contribution in [0.4, 0.5) is 39.2 Å². The van der Waals surface area contributed by atoms with Crippen molar-refractivity contribution in [1.29, 1.82) is 0 Å². The highest BCUT2D eigenvalue weighted by Gasteiger charge is 2.70. The van der Waals surface area contributed by atoms with Crippen LogP contribution in [0.25, 0.3) is 67.0 Å². The third-order valence-corrected chi connectivity index (χ3v) is 35.8. The molecule has 0 spiro atoms. The van der Waals surface area contributed by atoms with Gasteiger partial charge >= 0.3 is 28.9 Å². The van der Waals surface area contributed by atoms with Crippen LogP contribution in [0.1, 0.15) is 31.1 Å². The lowest BCUT2D eigenvalue weighted by molar-refractivity contribution is -0.189. The Hall–Kier alpha value is -8.17. The molecule has 0 amide bonds. The Kier molecular flexibility index (Phi) is 23.9. The van der Waals surface area contributed by atoms with Crippen molar-refractivity contribution in [2.45, 2.75) is 127 Å². The molecular formula is C70H82FN27O30P6S4. The second-order valence-electron chi connectivity index (χ2n) is 34.2. The van der Waals surface area contributed by atoms with Gasteiger partial charge < -0.3 is 134 Å². The van der Waals surface area contributed by atoms with Crippen LogP contribution in [-0.4, -0.2) is 307 Å². The van der Waals surface area contributed by atoms with Crippen molar-refractivity contribution in [3.05, 3.63) is 102 Å². The predicted octanol–water partition coefficient (Wildman–Crippen LogP) is 0.372. The Morgan fingerprint density at radius 2 is 0.964 bits per heavy atom. The van der Waals surface area contributed by atoms with E-state index in [-0.39, 0.29) is 115 Å². The summed E-state index contributed by atoms with van der Waals surface area (Å²) < 4.78 is 179. The quantitative estimate of drug-likeness (QED) is 0.0757. The lowest BCUT2D eigenvalue weighted by Crippen LogP contribution is -2.46. The first-order valence-electron chi connectivity index (χ1n) is 41.9. The Morgan fingerprint density at radius 3 is 1.52 bits per heavy atom. The highest BCUT2D eigenvalue weighted by Crippen LogP contribution is 2.65. The van der Waals surface area contributed by atoms with E-state index in [4.69, 9.17) is 158 Å². The minimum atomic E-state index is -5.09. The summed E-state index contributed by atoms with van der Waals surface area (Å²) in [4.78, 5) is 140. The van der Waals surface area contributed by atoms with Crippen molar-refractivity contribution < 1.29 is 136 Å². The fourth-order valence-electron chi connectivity index (χ4n) is 19.6. The van der Waals surface area contributed by atoms with Crippen LogP contribution in [0, 0.1) is 17.8 Å². The summed E-state index contributed by atoms with van der Waals surface area (Å²) >= 11 is 21.2. The maximum atomic E-state index is 15.9. The normalized spacial score (nSPS) is 39.7. The second-order valence-corrected chi connectivity index (χ2v) is 50.4. The molecule has 68 heteroatoms. The number of fused-ring (bicyclic) bond motifs is 11. The summed E-state index contributed by atoms with van der Waals surface area (Å²) in [5, 5.41) is 11.1. The molecule has 57 nitrogen and oxygen atoms in total. The molecule has 24 heterocycles. The maximum absolute atomic E-state index is 15.9. The molecule has 0 radical (unpaired) electrons. The number of aliphatic hydroxyl groups excluding tert-OH is 1. The standard InChI is InChI=1S/C24H29N9O10P2S2.C24H27N9O9P2S2.C22H26FN9O11P2/c1-37-15-10-5-44(35,46)40-7-24-6-38-16(22(42-24)32-8-28-13-11(25)2-3-27-18(13)32)17(24)43-45(36,47)39-4-12(15)41-21(10)33-9-29-14-19(33)30-23(26)31-20(14)34;25-12-1-2-27-20-14(12)30-9-32(20)22-17-18-23(41-22,5-36-17)6-39-43(34,45)4-11-16-13(3-38-44(35,46)42-18)40-24(11,7-37-16)33-10-31-15-19(26)28-8-29-21(15)33;23-12-16-11(42-21(12)31-6-27-13-9(24)1-2-26-17(13)31)4-39-44(35,36)5-8-15(33)10(3-40-45(37,38)43-16)41-20(8)32-7-28-14-18(32)29-22(25)30-19(14)34/h2-3,8-10,12,15-17,21-22H,4-7H2,1H3,(H2,25,27)(H,35,46)(H,36,47)(H3,26,30,31,34);1-2,8-11,13,16-18,22H,3-7H2,(H2,25,27)(H,34,45)(H,35,46)(H2,26,28,29);1-2,6-8,10-12,15-16,20-21,33H,3-5H2,(H2,24,26)(H,35,36)(H,37,38)(H3,25,29,30,34)/t10-,12-,15+,16-,17+,21-,22-,24-,44?,45?;11-,13-,16+,17-,18+,22-,23-,24-,43?,44?;8-,10-,11-,12-,15+,16-,20-,21-/m111/s1. The first kappa shape index (κ1) is 94.7. The fourth-order valence-corrected chi connectivity index (χ4v) is 29.3. The van der Waals surface area contributed by atoms with Gasteiger partial charge in [0.15, 0.2) is 87.8 Å². The zero-order valence-electron chi connectivity index (χ0n) is 70.8. The van der Waals surface area contributed by atoms with Crippen LogP contribution in [0.15, 0.2) is 90.7 Å². The van der Waals surface area contributed by atoms with E-state index in [1.165, 1.54) is 71.0 Å². The summed E-state index contributed by atoms with van der Waals surface area (Å²) in [6.45, 7) is -17.8. The largest absolute Gasteiger partial charge is 0.472 e. The van der Waals surface area contributed by atoms with Gasteiger partial charge in [-0.3, -0.25) is 74.2 Å². The number of pyridine rings is 3. The molecule has 6 unspecified atom stereocenters.